The van der Waals surface area contributed by atoms with Crippen LogP contribution >= 0.6 is 0 Å². The number of nitrogens with zero attached hydrogens (tertiary/aromatic N) is 1. The topological polar surface area (TPSA) is 151 Å². The van der Waals surface area contributed by atoms with Gasteiger partial charge >= 0.3 is 5.97 Å². The smallest absolute Gasteiger partial charge is 0.311 e. The van der Waals surface area contributed by atoms with Crippen molar-refractivity contribution < 1.29 is 33.5 Å². The van der Waals surface area contributed by atoms with Crippen LogP contribution in [0.3, 0.4) is 0 Å². The number of anilines is 1. The van der Waals surface area contributed by atoms with E-state index in [2.05, 4.69) is 16.0 Å². The van der Waals surface area contributed by atoms with E-state index in [0.717, 1.165) is 5.56 Å². The highest BCUT2D eigenvalue weighted by Crippen LogP contribution is 2.22. The van der Waals surface area contributed by atoms with Gasteiger partial charge in [-0.05, 0) is 63.6 Å². The predicted octanol–water partition coefficient (Wildman–Crippen LogP) is 3.24. The van der Waals surface area contributed by atoms with E-state index in [0.29, 0.717) is 37.9 Å². The third-order valence-electron chi connectivity index (χ3n) is 7.23. The fraction of sp³-hybridized carbons (Fsp3) is 0.548. The molecule has 0 radical (unpaired) electrons. The van der Waals surface area contributed by atoms with E-state index in [4.69, 9.17) is 4.74 Å². The number of unbranched alkanes of at least 4 members (excludes halogenated alkanes) is 2. The van der Waals surface area contributed by atoms with Crippen molar-refractivity contribution >= 4 is 41.2 Å². The van der Waals surface area contributed by atoms with Gasteiger partial charge in [0.1, 0.15) is 18.7 Å². The van der Waals surface area contributed by atoms with Crippen LogP contribution in [0.15, 0.2) is 36.4 Å². The van der Waals surface area contributed by atoms with E-state index < -0.39 is 29.3 Å². The average Bonchev–Trinajstić information content (AvgIpc) is 3.26. The Hall–Kier alpha value is -4.02. The number of esters is 1. The first-order valence-corrected chi connectivity index (χ1v) is 14.5. The van der Waals surface area contributed by atoms with Crippen LogP contribution in [-0.4, -0.2) is 59.0 Å². The fourth-order valence-electron chi connectivity index (χ4n) is 3.96. The summed E-state index contributed by atoms with van der Waals surface area (Å²) in [4.78, 5) is 74.6. The average molecular weight is 585 g/mol. The molecule has 1 aliphatic heterocycles. The Balaban J connectivity index is 1.77. The molecule has 0 saturated heterocycles. The van der Waals surface area contributed by atoms with Crippen molar-refractivity contribution in [2.24, 2.45) is 11.3 Å². The normalized spacial score (nSPS) is 14.5. The highest BCUT2D eigenvalue weighted by Gasteiger charge is 2.28. The molecule has 0 saturated carbocycles. The quantitative estimate of drug-likeness (QED) is 0.153. The zero-order chi connectivity index (χ0) is 31.4. The number of nitrogens with one attached hydrogen (secondary N) is 3. The van der Waals surface area contributed by atoms with E-state index in [1.807, 2.05) is 20.8 Å². The molecule has 42 heavy (non-hydrogen) atoms. The molecule has 0 bridgehead atoms. The monoisotopic (exact) mass is 584 g/mol. The standard InChI is InChI=1S/C31H44N4O7/c1-7-31(5,6)30(41)42-19-22-12-14-23(15-13-22)33-28(39)21(4)32-29(40)27(20(2)3)34-24(36)11-9-8-10-18-35-25(37)16-17-26(35)38/h12-17,20-21,27H,7-11,18-19H2,1-6H3,(H,32,40)(H,33,39)(H,34,36)/t21-,27-/m0/s1. The summed E-state index contributed by atoms with van der Waals surface area (Å²) in [5.74, 6) is -2.32. The Bertz CT molecular complexity index is 1160. The van der Waals surface area contributed by atoms with E-state index in [1.165, 1.54) is 17.1 Å². The van der Waals surface area contributed by atoms with Gasteiger partial charge in [-0.25, -0.2) is 0 Å². The molecule has 2 atom stereocenters. The molecule has 0 unspecified atom stereocenters. The highest BCUT2D eigenvalue weighted by molar-refractivity contribution is 6.12. The summed E-state index contributed by atoms with van der Waals surface area (Å²) in [7, 11) is 0. The van der Waals surface area contributed by atoms with Gasteiger partial charge in [0.25, 0.3) is 11.8 Å². The number of ether oxygens (including phenoxy) is 1. The molecule has 3 N–H and O–H groups in total. The Labute approximate surface area is 247 Å². The van der Waals surface area contributed by atoms with E-state index in [1.54, 1.807) is 45.0 Å². The van der Waals surface area contributed by atoms with Crippen LogP contribution in [0.4, 0.5) is 5.69 Å². The summed E-state index contributed by atoms with van der Waals surface area (Å²) in [6, 6.07) is 5.19. The van der Waals surface area contributed by atoms with Crippen LogP contribution in [0.2, 0.25) is 0 Å². The molecule has 0 aromatic heterocycles. The van der Waals surface area contributed by atoms with Crippen LogP contribution in [0.5, 0.6) is 0 Å². The van der Waals surface area contributed by atoms with E-state index in [-0.39, 0.29) is 42.6 Å². The highest BCUT2D eigenvalue weighted by atomic mass is 16.5. The molecule has 1 aromatic carbocycles. The second kappa shape index (κ2) is 15.8. The molecule has 1 aromatic rings. The lowest BCUT2D eigenvalue weighted by atomic mass is 9.91. The minimum atomic E-state index is -0.863. The van der Waals surface area contributed by atoms with Gasteiger partial charge in [0, 0.05) is 30.8 Å². The van der Waals surface area contributed by atoms with Gasteiger partial charge < -0.3 is 20.7 Å². The van der Waals surface area contributed by atoms with Crippen LogP contribution in [0.1, 0.15) is 79.2 Å². The molecule has 230 valence electrons. The molecular weight excluding hydrogens is 540 g/mol. The van der Waals surface area contributed by atoms with Crippen LogP contribution in [0, 0.1) is 11.3 Å². The van der Waals surface area contributed by atoms with Crippen LogP contribution < -0.4 is 16.0 Å². The molecular formula is C31H44N4O7. The SMILES string of the molecule is CCC(C)(C)C(=O)OCc1ccc(NC(=O)[C@H](C)NC(=O)[C@@H](NC(=O)CCCCCN2C(=O)C=CC2=O)C(C)C)cc1. The minimum Gasteiger partial charge on any atom is -0.460 e. The van der Waals surface area contributed by atoms with Crippen LogP contribution in [0.25, 0.3) is 0 Å². The van der Waals surface area contributed by atoms with Gasteiger partial charge in [-0.3, -0.25) is 33.7 Å². The number of amides is 5. The lowest BCUT2D eigenvalue weighted by molar-refractivity contribution is -0.155. The molecule has 0 aliphatic carbocycles. The van der Waals surface area contributed by atoms with Gasteiger partial charge in [-0.1, -0.05) is 39.3 Å². The Kier molecular flexibility index (Phi) is 12.9. The third-order valence-corrected chi connectivity index (χ3v) is 7.23. The lowest BCUT2D eigenvalue weighted by Crippen LogP contribution is -2.53. The number of hydrogen-bond donors (Lipinski definition) is 3. The predicted molar refractivity (Wildman–Crippen MR) is 158 cm³/mol. The summed E-state index contributed by atoms with van der Waals surface area (Å²) in [6.45, 7) is 11.2. The van der Waals surface area contributed by atoms with Gasteiger partial charge in [0.05, 0.1) is 5.41 Å². The van der Waals surface area contributed by atoms with E-state index >= 15 is 0 Å². The van der Waals surface area contributed by atoms with Crippen molar-refractivity contribution in [2.75, 3.05) is 11.9 Å². The maximum atomic E-state index is 12.9. The van der Waals surface area contributed by atoms with Crippen molar-refractivity contribution in [3.63, 3.8) is 0 Å². The number of carbonyl (C=O) groups is 6. The number of carbonyl (C=O) groups excluding carboxylic acids is 6. The summed E-state index contributed by atoms with van der Waals surface area (Å²) in [5.41, 5.74) is 0.747. The largest absolute Gasteiger partial charge is 0.460 e. The Morgan fingerprint density at radius 2 is 1.50 bits per heavy atom. The number of rotatable bonds is 16. The zero-order valence-corrected chi connectivity index (χ0v) is 25.5. The van der Waals surface area contributed by atoms with Crippen molar-refractivity contribution in [3.8, 4) is 0 Å². The molecule has 11 nitrogen and oxygen atoms in total. The Morgan fingerprint density at radius 3 is 2.07 bits per heavy atom. The second-order valence-corrected chi connectivity index (χ2v) is 11.5. The summed E-state index contributed by atoms with van der Waals surface area (Å²) < 4.78 is 5.38. The van der Waals surface area contributed by atoms with Gasteiger partial charge in [-0.2, -0.15) is 0 Å². The second-order valence-electron chi connectivity index (χ2n) is 11.5. The first kappa shape index (κ1) is 34.2. The first-order chi connectivity index (χ1) is 19.7. The third kappa shape index (κ3) is 10.4. The maximum absolute atomic E-state index is 12.9. The van der Waals surface area contributed by atoms with Crippen molar-refractivity contribution in [2.45, 2.75) is 92.3 Å². The molecule has 0 spiro atoms. The lowest BCUT2D eigenvalue weighted by Gasteiger charge is -2.24. The molecule has 1 heterocycles. The van der Waals surface area contributed by atoms with Crippen molar-refractivity contribution in [3.05, 3.63) is 42.0 Å². The minimum absolute atomic E-state index is 0.129. The number of hydrogen-bond acceptors (Lipinski definition) is 7. The van der Waals surface area contributed by atoms with E-state index in [9.17, 15) is 28.8 Å². The number of benzene rings is 1. The molecule has 0 fully saturated rings. The molecule has 2 rings (SSSR count). The molecule has 5 amide bonds. The zero-order valence-electron chi connectivity index (χ0n) is 25.5. The summed E-state index contributed by atoms with van der Waals surface area (Å²) in [6.07, 6.45) is 5.11. The van der Waals surface area contributed by atoms with Crippen molar-refractivity contribution in [1.82, 2.24) is 15.5 Å². The first-order valence-electron chi connectivity index (χ1n) is 14.5. The van der Waals surface area contributed by atoms with Gasteiger partial charge in [0.15, 0.2) is 0 Å². The van der Waals surface area contributed by atoms with Crippen molar-refractivity contribution in [1.29, 1.82) is 0 Å². The molecule has 1 aliphatic rings. The maximum Gasteiger partial charge on any atom is 0.311 e. The summed E-state index contributed by atoms with van der Waals surface area (Å²) >= 11 is 0. The summed E-state index contributed by atoms with van der Waals surface area (Å²) in [5, 5.41) is 8.16. The fourth-order valence-corrected chi connectivity index (χ4v) is 3.96. The van der Waals surface area contributed by atoms with Gasteiger partial charge in [-0.15, -0.1) is 0 Å². The van der Waals surface area contributed by atoms with Crippen LogP contribution in [-0.2, 0) is 40.1 Å². The van der Waals surface area contributed by atoms with Gasteiger partial charge in [0.2, 0.25) is 17.7 Å². The Morgan fingerprint density at radius 1 is 0.881 bits per heavy atom. The number of imide groups is 1. The molecule has 11 heteroatoms.